The van der Waals surface area contributed by atoms with Gasteiger partial charge in [0.15, 0.2) is 5.78 Å². The van der Waals surface area contributed by atoms with Gasteiger partial charge in [-0.25, -0.2) is 4.79 Å². The zero-order valence-corrected chi connectivity index (χ0v) is 24.4. The highest BCUT2D eigenvalue weighted by atomic mass is 16.4. The van der Waals surface area contributed by atoms with E-state index >= 15 is 0 Å². The van der Waals surface area contributed by atoms with Crippen molar-refractivity contribution < 1.29 is 19.5 Å². The molecule has 0 spiro atoms. The van der Waals surface area contributed by atoms with Crippen LogP contribution in [0.15, 0.2) is 66.7 Å². The Morgan fingerprint density at radius 1 is 0.775 bits per heavy atom. The van der Waals surface area contributed by atoms with E-state index in [2.05, 4.69) is 27.7 Å². The van der Waals surface area contributed by atoms with E-state index in [0.29, 0.717) is 11.1 Å². The fourth-order valence-electron chi connectivity index (χ4n) is 5.37. The van der Waals surface area contributed by atoms with E-state index in [0.717, 1.165) is 40.9 Å². The summed E-state index contributed by atoms with van der Waals surface area (Å²) in [5, 5.41) is 9.13. The monoisotopic (exact) mass is 538 g/mol. The van der Waals surface area contributed by atoms with E-state index < -0.39 is 5.97 Å². The molecule has 1 aliphatic rings. The number of carboxylic acids is 1. The average molecular weight is 539 g/mol. The molecule has 0 aliphatic heterocycles. The van der Waals surface area contributed by atoms with Crippen LogP contribution in [0.1, 0.15) is 88.3 Å². The summed E-state index contributed by atoms with van der Waals surface area (Å²) >= 11 is 0. The Kier molecular flexibility index (Phi) is 7.75. The number of ketones is 1. The predicted molar refractivity (Wildman–Crippen MR) is 162 cm³/mol. The molecule has 6 nitrogen and oxygen atoms in total. The van der Waals surface area contributed by atoms with Gasteiger partial charge in [-0.05, 0) is 95.0 Å². The number of rotatable bonds is 7. The van der Waals surface area contributed by atoms with Crippen LogP contribution in [-0.4, -0.2) is 43.9 Å². The van der Waals surface area contributed by atoms with Gasteiger partial charge < -0.3 is 14.9 Å². The van der Waals surface area contributed by atoms with Gasteiger partial charge in [-0.1, -0.05) is 45.9 Å². The number of carboxylic acid groups (broad SMARTS) is 1. The van der Waals surface area contributed by atoms with E-state index in [1.54, 1.807) is 30.2 Å². The summed E-state index contributed by atoms with van der Waals surface area (Å²) in [5.74, 6) is -1.31. The van der Waals surface area contributed by atoms with Gasteiger partial charge in [-0.15, -0.1) is 0 Å². The lowest BCUT2D eigenvalue weighted by Crippen LogP contribution is -2.37. The molecule has 0 atom stereocenters. The van der Waals surface area contributed by atoms with Crippen LogP contribution in [0.25, 0.3) is 6.08 Å². The Labute approximate surface area is 236 Å². The summed E-state index contributed by atoms with van der Waals surface area (Å²) in [5.41, 5.74) is 5.63. The summed E-state index contributed by atoms with van der Waals surface area (Å²) in [6.45, 7) is 8.80. The molecule has 0 unspecified atom stereocenters. The molecule has 6 heteroatoms. The SMILES string of the molecule is CN(C)c1ccc(C(=O)N(C)c2cc(C(=O)C=Cc3ccc(C(=O)O)cc3)cc3c2C(C)(C)CCC3(C)C)cc1. The zero-order chi connectivity index (χ0) is 29.4. The van der Waals surface area contributed by atoms with Crippen LogP contribution in [0.4, 0.5) is 11.4 Å². The molecule has 0 aromatic heterocycles. The van der Waals surface area contributed by atoms with E-state index in [9.17, 15) is 14.4 Å². The molecule has 1 N–H and O–H groups in total. The lowest BCUT2D eigenvalue weighted by Gasteiger charge is -2.44. The van der Waals surface area contributed by atoms with Crippen molar-refractivity contribution in [2.75, 3.05) is 30.9 Å². The third-order valence-electron chi connectivity index (χ3n) is 8.06. The van der Waals surface area contributed by atoms with E-state index in [1.807, 2.05) is 55.4 Å². The second-order valence-electron chi connectivity index (χ2n) is 12.1. The normalized spacial score (nSPS) is 15.4. The van der Waals surface area contributed by atoms with Gasteiger partial charge in [-0.3, -0.25) is 9.59 Å². The van der Waals surface area contributed by atoms with Crippen LogP contribution < -0.4 is 9.80 Å². The summed E-state index contributed by atoms with van der Waals surface area (Å²) in [6, 6.07) is 17.7. The number of amides is 1. The van der Waals surface area contributed by atoms with Crippen LogP contribution in [0.2, 0.25) is 0 Å². The first-order valence-electron chi connectivity index (χ1n) is 13.5. The highest BCUT2D eigenvalue weighted by molar-refractivity contribution is 6.10. The Balaban J connectivity index is 1.77. The standard InChI is InChI=1S/C34H38N2O4/c1-33(2)18-19-34(3,4)30-27(33)20-25(29(37)17-10-22-8-11-24(12-9-22)32(39)40)21-28(30)36(7)31(38)23-13-15-26(16-14-23)35(5)6/h8-17,20-21H,18-19H2,1-7H3,(H,39,40). The summed E-state index contributed by atoms with van der Waals surface area (Å²) in [6.07, 6.45) is 5.13. The minimum Gasteiger partial charge on any atom is -0.478 e. The number of aromatic carboxylic acids is 1. The lowest BCUT2D eigenvalue weighted by atomic mass is 9.62. The zero-order valence-electron chi connectivity index (χ0n) is 24.4. The van der Waals surface area contributed by atoms with Crippen molar-refractivity contribution >= 4 is 35.1 Å². The quantitative estimate of drug-likeness (QED) is 0.260. The molecule has 208 valence electrons. The van der Waals surface area contributed by atoms with Gasteiger partial charge in [0.25, 0.3) is 5.91 Å². The van der Waals surface area contributed by atoms with Crippen LogP contribution in [-0.2, 0) is 10.8 Å². The minimum absolute atomic E-state index is 0.134. The molecule has 40 heavy (non-hydrogen) atoms. The number of hydrogen-bond donors (Lipinski definition) is 1. The van der Waals surface area contributed by atoms with Gasteiger partial charge in [-0.2, -0.15) is 0 Å². The van der Waals surface area contributed by atoms with Crippen molar-refractivity contribution in [2.45, 2.75) is 51.4 Å². The number of carbonyl (C=O) groups excluding carboxylic acids is 2. The van der Waals surface area contributed by atoms with Gasteiger partial charge in [0, 0.05) is 43.6 Å². The van der Waals surface area contributed by atoms with E-state index in [-0.39, 0.29) is 28.1 Å². The number of nitrogens with zero attached hydrogens (tertiary/aromatic N) is 2. The van der Waals surface area contributed by atoms with Gasteiger partial charge in [0.1, 0.15) is 0 Å². The van der Waals surface area contributed by atoms with Crippen molar-refractivity contribution in [1.29, 1.82) is 0 Å². The fourth-order valence-corrected chi connectivity index (χ4v) is 5.37. The third kappa shape index (κ3) is 5.71. The van der Waals surface area contributed by atoms with Gasteiger partial charge >= 0.3 is 5.97 Å². The maximum atomic E-state index is 13.7. The summed E-state index contributed by atoms with van der Waals surface area (Å²) in [7, 11) is 5.70. The molecule has 0 saturated heterocycles. The Morgan fingerprint density at radius 3 is 1.93 bits per heavy atom. The smallest absolute Gasteiger partial charge is 0.335 e. The Bertz CT molecular complexity index is 1480. The third-order valence-corrected chi connectivity index (χ3v) is 8.06. The average Bonchev–Trinajstić information content (AvgIpc) is 2.93. The first-order valence-corrected chi connectivity index (χ1v) is 13.5. The topological polar surface area (TPSA) is 77.9 Å². The highest BCUT2D eigenvalue weighted by Crippen LogP contribution is 2.50. The number of anilines is 2. The highest BCUT2D eigenvalue weighted by Gasteiger charge is 2.40. The molecule has 0 radical (unpaired) electrons. The largest absolute Gasteiger partial charge is 0.478 e. The molecule has 1 aliphatic carbocycles. The Morgan fingerprint density at radius 2 is 1.35 bits per heavy atom. The molecule has 4 rings (SSSR count). The van der Waals surface area contributed by atoms with Crippen molar-refractivity contribution in [3.05, 3.63) is 100 Å². The molecule has 3 aromatic carbocycles. The number of benzene rings is 3. The van der Waals surface area contributed by atoms with E-state index in [1.165, 1.54) is 18.2 Å². The maximum absolute atomic E-state index is 13.7. The second-order valence-corrected chi connectivity index (χ2v) is 12.1. The van der Waals surface area contributed by atoms with Crippen molar-refractivity contribution in [2.24, 2.45) is 0 Å². The van der Waals surface area contributed by atoms with Gasteiger partial charge in [0.05, 0.1) is 5.56 Å². The number of allylic oxidation sites excluding steroid dienone is 1. The number of carbonyl (C=O) groups is 3. The van der Waals surface area contributed by atoms with E-state index in [4.69, 9.17) is 5.11 Å². The molecule has 0 fully saturated rings. The Hall–Kier alpha value is -4.19. The number of fused-ring (bicyclic) bond motifs is 1. The van der Waals surface area contributed by atoms with Crippen LogP contribution in [0.3, 0.4) is 0 Å². The summed E-state index contributed by atoms with van der Waals surface area (Å²) < 4.78 is 0. The molecular formula is C34H38N2O4. The molecular weight excluding hydrogens is 500 g/mol. The fraction of sp³-hybridized carbons (Fsp3) is 0.324. The summed E-state index contributed by atoms with van der Waals surface area (Å²) in [4.78, 5) is 42.0. The molecule has 0 heterocycles. The first kappa shape index (κ1) is 28.8. The molecule has 3 aromatic rings. The van der Waals surface area contributed by atoms with Crippen molar-refractivity contribution in [1.82, 2.24) is 0 Å². The minimum atomic E-state index is -0.994. The first-order chi connectivity index (χ1) is 18.7. The lowest BCUT2D eigenvalue weighted by molar-refractivity contribution is 0.0696. The number of hydrogen-bond acceptors (Lipinski definition) is 4. The maximum Gasteiger partial charge on any atom is 0.335 e. The van der Waals surface area contributed by atoms with Crippen LogP contribution in [0.5, 0.6) is 0 Å². The second kappa shape index (κ2) is 10.8. The molecule has 1 amide bonds. The predicted octanol–water partition coefficient (Wildman–Crippen LogP) is 6.97. The molecule has 0 bridgehead atoms. The van der Waals surface area contributed by atoms with Crippen LogP contribution >= 0.6 is 0 Å². The van der Waals surface area contributed by atoms with Crippen molar-refractivity contribution in [3.8, 4) is 0 Å². The van der Waals surface area contributed by atoms with Crippen LogP contribution in [0, 0.1) is 0 Å². The van der Waals surface area contributed by atoms with Gasteiger partial charge in [0.2, 0.25) is 0 Å². The van der Waals surface area contributed by atoms with Crippen molar-refractivity contribution in [3.63, 3.8) is 0 Å². The molecule has 0 saturated carbocycles.